The maximum atomic E-state index is 13.3. The van der Waals surface area contributed by atoms with Crippen molar-refractivity contribution in [2.45, 2.75) is 24.9 Å². The van der Waals surface area contributed by atoms with Crippen LogP contribution in [0.3, 0.4) is 0 Å². The first-order valence-electron chi connectivity index (χ1n) is 10.5. The Hall–Kier alpha value is -3.58. The van der Waals surface area contributed by atoms with Gasteiger partial charge in [0.1, 0.15) is 11.9 Å². The number of pyridine rings is 1. The zero-order valence-electron chi connectivity index (χ0n) is 17.5. The van der Waals surface area contributed by atoms with Gasteiger partial charge in [0.15, 0.2) is 0 Å². The Morgan fingerprint density at radius 3 is 2.66 bits per heavy atom. The Balaban J connectivity index is 1.38. The number of anilines is 2. The van der Waals surface area contributed by atoms with Gasteiger partial charge in [-0.15, -0.1) is 0 Å². The van der Waals surface area contributed by atoms with Gasteiger partial charge in [-0.2, -0.15) is 0 Å². The van der Waals surface area contributed by atoms with Crippen LogP contribution in [0.2, 0.25) is 0 Å². The van der Waals surface area contributed by atoms with Crippen LogP contribution in [-0.2, 0) is 14.9 Å². The van der Waals surface area contributed by atoms with Gasteiger partial charge in [0.2, 0.25) is 0 Å². The first-order valence-corrected chi connectivity index (χ1v) is 10.5. The average Bonchev–Trinajstić information content (AvgIpc) is 3.38. The van der Waals surface area contributed by atoms with E-state index in [9.17, 15) is 14.0 Å². The molecule has 1 N–H and O–H groups in total. The van der Waals surface area contributed by atoms with Gasteiger partial charge < -0.3 is 15.0 Å². The fraction of sp³-hybridized carbons (Fsp3) is 0.240. The Morgan fingerprint density at radius 2 is 1.91 bits per heavy atom. The molecular weight excluding hydrogens is 409 g/mol. The Bertz CT molecular complexity index is 1180. The van der Waals surface area contributed by atoms with Crippen LogP contribution in [0.1, 0.15) is 28.0 Å². The Morgan fingerprint density at radius 1 is 1.12 bits per heavy atom. The molecule has 0 unspecified atom stereocenters. The first kappa shape index (κ1) is 20.3. The zero-order valence-corrected chi connectivity index (χ0v) is 17.5. The molecule has 1 fully saturated rings. The van der Waals surface area contributed by atoms with Gasteiger partial charge in [-0.05, 0) is 61.4 Å². The summed E-state index contributed by atoms with van der Waals surface area (Å²) in [5.74, 6) is -0.817. The zero-order chi connectivity index (χ0) is 22.3. The first-order chi connectivity index (χ1) is 15.4. The fourth-order valence-electron chi connectivity index (χ4n) is 4.52. The molecule has 0 bridgehead atoms. The molecule has 1 aromatic heterocycles. The predicted octanol–water partition coefficient (Wildman–Crippen LogP) is 3.85. The van der Waals surface area contributed by atoms with Crippen molar-refractivity contribution in [3.63, 3.8) is 0 Å². The fourth-order valence-corrected chi connectivity index (χ4v) is 4.52. The number of aromatic nitrogens is 1. The number of halogens is 1. The van der Waals surface area contributed by atoms with E-state index in [0.717, 1.165) is 16.9 Å². The number of hydrogen-bond donors (Lipinski definition) is 1. The summed E-state index contributed by atoms with van der Waals surface area (Å²) in [6.45, 7) is 2.62. The van der Waals surface area contributed by atoms with Gasteiger partial charge in [-0.25, -0.2) is 4.39 Å². The maximum absolute atomic E-state index is 13.3. The monoisotopic (exact) mass is 431 g/mol. The summed E-state index contributed by atoms with van der Waals surface area (Å²) in [6, 6.07) is 16.9. The number of carbonyl (C=O) groups excluding carboxylic acids is 2. The second-order valence-electron chi connectivity index (χ2n) is 8.38. The molecule has 6 nitrogen and oxygen atoms in total. The molecule has 2 aliphatic rings. The molecule has 7 heteroatoms. The quantitative estimate of drug-likeness (QED) is 0.684. The van der Waals surface area contributed by atoms with E-state index in [0.29, 0.717) is 30.8 Å². The lowest BCUT2D eigenvalue weighted by molar-refractivity contribution is -0.124. The molecule has 0 radical (unpaired) electrons. The summed E-state index contributed by atoms with van der Waals surface area (Å²) in [5, 5.41) is 2.86. The molecular formula is C25H22FN3O3. The van der Waals surface area contributed by atoms with Crippen LogP contribution in [-0.4, -0.2) is 36.1 Å². The van der Waals surface area contributed by atoms with Crippen LogP contribution in [0, 0.1) is 12.7 Å². The normalized spacial score (nSPS) is 21.6. The summed E-state index contributed by atoms with van der Waals surface area (Å²) in [4.78, 5) is 32.0. The van der Waals surface area contributed by atoms with Crippen molar-refractivity contribution in [3.05, 3.63) is 89.5 Å². The second kappa shape index (κ2) is 7.84. The van der Waals surface area contributed by atoms with Crippen molar-refractivity contribution in [1.29, 1.82) is 0 Å². The van der Waals surface area contributed by atoms with Crippen molar-refractivity contribution >= 4 is 23.2 Å². The minimum atomic E-state index is -0.634. The van der Waals surface area contributed by atoms with Crippen LogP contribution in [0.15, 0.2) is 66.9 Å². The number of rotatable bonds is 3. The molecule has 2 atom stereocenters. The second-order valence-corrected chi connectivity index (χ2v) is 8.38. The smallest absolute Gasteiger partial charge is 0.258 e. The molecule has 1 spiro atoms. The van der Waals surface area contributed by atoms with Crippen LogP contribution in [0.4, 0.5) is 15.8 Å². The minimum Gasteiger partial charge on any atom is -0.367 e. The highest BCUT2D eigenvalue weighted by atomic mass is 19.1. The summed E-state index contributed by atoms with van der Waals surface area (Å²) in [5.41, 5.74) is 3.22. The highest BCUT2D eigenvalue weighted by Crippen LogP contribution is 2.47. The van der Waals surface area contributed by atoms with Crippen LogP contribution in [0.5, 0.6) is 0 Å². The number of fused-ring (bicyclic) bond motifs is 2. The highest BCUT2D eigenvalue weighted by molar-refractivity contribution is 6.08. The Labute approximate surface area is 185 Å². The van der Waals surface area contributed by atoms with E-state index in [1.165, 1.54) is 24.3 Å². The SMILES string of the molecule is Cc1ccc(NC(=O)[C@H]2C[C@@]3(CO2)CN(C(=O)c2ccc(F)cc2)c2ccccc23)cn1. The lowest BCUT2D eigenvalue weighted by atomic mass is 9.80. The minimum absolute atomic E-state index is 0.201. The van der Waals surface area contributed by atoms with E-state index in [-0.39, 0.29) is 17.6 Å². The molecule has 2 amide bonds. The summed E-state index contributed by atoms with van der Waals surface area (Å²) in [7, 11) is 0. The Kier molecular flexibility index (Phi) is 4.98. The van der Waals surface area contributed by atoms with Gasteiger partial charge in [0.05, 0.1) is 18.5 Å². The lowest BCUT2D eigenvalue weighted by Crippen LogP contribution is -2.38. The number of amides is 2. The van der Waals surface area contributed by atoms with Gasteiger partial charge in [0.25, 0.3) is 11.8 Å². The molecule has 2 aliphatic heterocycles. The molecule has 2 aromatic carbocycles. The standard InChI is InChI=1S/C25H22FN3O3/c1-16-6-11-19(13-27-16)28-23(30)22-12-25(15-32-22)14-29(21-5-3-2-4-20(21)25)24(31)17-7-9-18(26)10-8-17/h2-11,13,22H,12,14-15H2,1H3,(H,28,30)/t22-,25+/m1/s1. The summed E-state index contributed by atoms with van der Waals surface area (Å²) >= 11 is 0. The number of nitrogens with one attached hydrogen (secondary N) is 1. The summed E-state index contributed by atoms with van der Waals surface area (Å²) in [6.07, 6.45) is 1.44. The third-order valence-electron chi connectivity index (χ3n) is 6.17. The van der Waals surface area contributed by atoms with Gasteiger partial charge in [-0.3, -0.25) is 14.6 Å². The number of aryl methyl sites for hydroxylation is 1. The lowest BCUT2D eigenvalue weighted by Gasteiger charge is -2.23. The van der Waals surface area contributed by atoms with Crippen LogP contribution >= 0.6 is 0 Å². The van der Waals surface area contributed by atoms with Gasteiger partial charge in [-0.1, -0.05) is 18.2 Å². The predicted molar refractivity (Wildman–Crippen MR) is 118 cm³/mol. The van der Waals surface area contributed by atoms with E-state index >= 15 is 0 Å². The topological polar surface area (TPSA) is 71.5 Å². The van der Waals surface area contributed by atoms with Crippen molar-refractivity contribution in [2.24, 2.45) is 0 Å². The van der Waals surface area contributed by atoms with Gasteiger partial charge >= 0.3 is 0 Å². The van der Waals surface area contributed by atoms with E-state index in [1.54, 1.807) is 17.2 Å². The van der Waals surface area contributed by atoms with Crippen molar-refractivity contribution in [1.82, 2.24) is 4.98 Å². The molecule has 162 valence electrons. The number of carbonyl (C=O) groups is 2. The average molecular weight is 431 g/mol. The van der Waals surface area contributed by atoms with Crippen LogP contribution < -0.4 is 10.2 Å². The molecule has 5 rings (SSSR count). The number of para-hydroxylation sites is 1. The molecule has 0 saturated carbocycles. The number of ether oxygens (including phenoxy) is 1. The van der Waals surface area contributed by atoms with Crippen molar-refractivity contribution in [2.75, 3.05) is 23.4 Å². The number of benzene rings is 2. The third-order valence-corrected chi connectivity index (χ3v) is 6.17. The summed E-state index contributed by atoms with van der Waals surface area (Å²) < 4.78 is 19.3. The molecule has 32 heavy (non-hydrogen) atoms. The molecule has 3 heterocycles. The third kappa shape index (κ3) is 3.54. The van der Waals surface area contributed by atoms with Crippen molar-refractivity contribution < 1.29 is 18.7 Å². The van der Waals surface area contributed by atoms with E-state index in [1.807, 2.05) is 37.3 Å². The van der Waals surface area contributed by atoms with E-state index < -0.39 is 11.5 Å². The van der Waals surface area contributed by atoms with Gasteiger partial charge in [0, 0.05) is 28.9 Å². The number of nitrogens with zero attached hydrogens (tertiary/aromatic N) is 2. The molecule has 3 aromatic rings. The van der Waals surface area contributed by atoms with Crippen LogP contribution in [0.25, 0.3) is 0 Å². The highest BCUT2D eigenvalue weighted by Gasteiger charge is 2.51. The molecule has 0 aliphatic carbocycles. The number of hydrogen-bond acceptors (Lipinski definition) is 4. The maximum Gasteiger partial charge on any atom is 0.258 e. The van der Waals surface area contributed by atoms with E-state index in [4.69, 9.17) is 4.74 Å². The van der Waals surface area contributed by atoms with E-state index in [2.05, 4.69) is 10.3 Å². The van der Waals surface area contributed by atoms with Crippen molar-refractivity contribution in [3.8, 4) is 0 Å². The molecule has 1 saturated heterocycles. The largest absolute Gasteiger partial charge is 0.367 e.